The molecule has 3 fully saturated rings. The van der Waals surface area contributed by atoms with Crippen LogP contribution in [0.5, 0.6) is 5.75 Å². The molecule has 9 heteroatoms. The van der Waals surface area contributed by atoms with E-state index in [1.165, 1.54) is 18.2 Å². The first-order chi connectivity index (χ1) is 20.8. The number of esters is 1. The molecule has 3 saturated carbocycles. The third-order valence-corrected chi connectivity index (χ3v) is 12.1. The van der Waals surface area contributed by atoms with Crippen molar-refractivity contribution in [2.24, 2.45) is 28.6 Å². The number of hydrogen-bond acceptors (Lipinski definition) is 9. The molecule has 248 valence electrons. The van der Waals surface area contributed by atoms with E-state index >= 15 is 0 Å². The number of carbonyl (C=O) groups excluding carboxylic acids is 2. The van der Waals surface area contributed by atoms with E-state index in [0.29, 0.717) is 43.2 Å². The molecule has 6 N–H and O–H groups in total. The van der Waals surface area contributed by atoms with Gasteiger partial charge in [-0.2, -0.15) is 0 Å². The summed E-state index contributed by atoms with van der Waals surface area (Å²) in [5.41, 5.74) is -3.97. The van der Waals surface area contributed by atoms with Crippen LogP contribution in [0, 0.1) is 28.6 Å². The summed E-state index contributed by atoms with van der Waals surface area (Å²) in [6, 6.07) is 6.33. The summed E-state index contributed by atoms with van der Waals surface area (Å²) in [5, 5.41) is 66.1. The van der Waals surface area contributed by atoms with Gasteiger partial charge in [0.15, 0.2) is 5.78 Å². The normalized spacial score (nSPS) is 38.5. The molecule has 10 atom stereocenters. The molecule has 0 radical (unpaired) electrons. The summed E-state index contributed by atoms with van der Waals surface area (Å²) in [5.74, 6) is -1.79. The molecule has 0 unspecified atom stereocenters. The minimum Gasteiger partial charge on any atom is -0.508 e. The largest absolute Gasteiger partial charge is 0.508 e. The Labute approximate surface area is 265 Å². The third kappa shape index (κ3) is 5.91. The summed E-state index contributed by atoms with van der Waals surface area (Å²) in [6.45, 7) is 8.89. The standard InChI is InChI=1S/C36H50O9/c1-32(2,42)15-14-30(40)35(5,43)29-13-17-36(44)24-18-26(38)25-19-28(45-31(41)11-8-21-6-9-22(37)10-7-21)27(39)20-33(25,3)23(24)12-16-34(29,36)4/h6-11,18,23,25,27-30,37,39-40,42-44H,12-17,19-20H2,1-5H3/t23-,25-,27-,28-,29-,30+,33+,34+,35+,36+/m0/s1. The number of rotatable bonds is 8. The molecule has 4 aliphatic rings. The van der Waals surface area contributed by atoms with Gasteiger partial charge >= 0.3 is 5.97 Å². The van der Waals surface area contributed by atoms with E-state index in [-0.39, 0.29) is 36.7 Å². The number of phenolic OH excluding ortho intramolecular Hbond substituents is 1. The molecule has 9 nitrogen and oxygen atoms in total. The van der Waals surface area contributed by atoms with Crippen molar-refractivity contribution in [2.75, 3.05) is 0 Å². The van der Waals surface area contributed by atoms with Gasteiger partial charge < -0.3 is 35.4 Å². The second kappa shape index (κ2) is 11.6. The predicted octanol–water partition coefficient (Wildman–Crippen LogP) is 3.82. The Balaban J connectivity index is 1.34. The molecule has 0 bridgehead atoms. The highest BCUT2D eigenvalue weighted by Crippen LogP contribution is 2.68. The molecule has 0 heterocycles. The zero-order valence-electron chi connectivity index (χ0n) is 27.1. The lowest BCUT2D eigenvalue weighted by atomic mass is 9.45. The lowest BCUT2D eigenvalue weighted by molar-refractivity contribution is -0.181. The van der Waals surface area contributed by atoms with E-state index in [0.717, 1.165) is 0 Å². The minimum absolute atomic E-state index is 0.115. The van der Waals surface area contributed by atoms with Gasteiger partial charge in [0.05, 0.1) is 29.0 Å². The van der Waals surface area contributed by atoms with E-state index < -0.39 is 63.8 Å². The van der Waals surface area contributed by atoms with Gasteiger partial charge in [0.1, 0.15) is 11.9 Å². The molecule has 5 rings (SSSR count). The van der Waals surface area contributed by atoms with Crippen LogP contribution in [-0.4, -0.2) is 77.5 Å². The number of aliphatic hydroxyl groups is 5. The second-order valence-corrected chi connectivity index (χ2v) is 15.5. The molecule has 0 aliphatic heterocycles. The van der Waals surface area contributed by atoms with E-state index in [2.05, 4.69) is 0 Å². The van der Waals surface area contributed by atoms with Crippen LogP contribution >= 0.6 is 0 Å². The maximum absolute atomic E-state index is 13.8. The fourth-order valence-electron chi connectivity index (χ4n) is 9.37. The second-order valence-electron chi connectivity index (χ2n) is 15.5. The number of ketones is 1. The molecule has 0 spiro atoms. The van der Waals surface area contributed by atoms with Crippen LogP contribution in [-0.2, 0) is 14.3 Å². The van der Waals surface area contributed by atoms with Crippen LogP contribution in [0.15, 0.2) is 42.0 Å². The Bertz CT molecular complexity index is 1360. The van der Waals surface area contributed by atoms with E-state index in [4.69, 9.17) is 4.74 Å². The maximum atomic E-state index is 13.8. The van der Waals surface area contributed by atoms with Crippen molar-refractivity contribution in [3.8, 4) is 5.75 Å². The van der Waals surface area contributed by atoms with Crippen LogP contribution in [0.25, 0.3) is 6.08 Å². The summed E-state index contributed by atoms with van der Waals surface area (Å²) in [6.07, 6.45) is 4.41. The highest BCUT2D eigenvalue weighted by Gasteiger charge is 2.69. The van der Waals surface area contributed by atoms with Crippen molar-refractivity contribution in [3.63, 3.8) is 0 Å². The van der Waals surface area contributed by atoms with Gasteiger partial charge in [-0.3, -0.25) is 4.79 Å². The minimum atomic E-state index is -1.52. The first kappa shape index (κ1) is 33.8. The number of phenols is 1. The lowest BCUT2D eigenvalue weighted by Gasteiger charge is -2.60. The van der Waals surface area contributed by atoms with Crippen LogP contribution in [0.4, 0.5) is 0 Å². The molecule has 4 aliphatic carbocycles. The van der Waals surface area contributed by atoms with Gasteiger partial charge in [-0.25, -0.2) is 4.79 Å². The Kier molecular flexibility index (Phi) is 8.71. The molecule has 0 saturated heterocycles. The van der Waals surface area contributed by atoms with Crippen molar-refractivity contribution < 1.29 is 45.0 Å². The van der Waals surface area contributed by atoms with Crippen LogP contribution in [0.1, 0.15) is 91.5 Å². The monoisotopic (exact) mass is 626 g/mol. The van der Waals surface area contributed by atoms with Crippen molar-refractivity contribution in [1.29, 1.82) is 0 Å². The van der Waals surface area contributed by atoms with E-state index in [9.17, 15) is 40.2 Å². The van der Waals surface area contributed by atoms with Crippen molar-refractivity contribution in [3.05, 3.63) is 47.6 Å². The summed E-state index contributed by atoms with van der Waals surface area (Å²) in [7, 11) is 0. The highest BCUT2D eigenvalue weighted by molar-refractivity contribution is 5.95. The Morgan fingerprint density at radius 3 is 2.40 bits per heavy atom. The zero-order chi connectivity index (χ0) is 33.2. The SMILES string of the molecule is CC(C)(O)CC[C@@H](O)[C@](C)(O)[C@H]1CC[C@@]2(O)C3=CC(=O)[C@@H]4C[C@H](OC(=O)C=Cc5ccc(O)cc5)[C@@H](O)C[C@]4(C)[C@H]3CC[C@]12C. The van der Waals surface area contributed by atoms with E-state index in [1.807, 2.05) is 13.8 Å². The third-order valence-electron chi connectivity index (χ3n) is 12.1. The highest BCUT2D eigenvalue weighted by atomic mass is 16.6. The number of carbonyl (C=O) groups is 2. The van der Waals surface area contributed by atoms with Crippen molar-refractivity contribution in [1.82, 2.24) is 0 Å². The average molecular weight is 627 g/mol. The van der Waals surface area contributed by atoms with Crippen LogP contribution in [0.2, 0.25) is 0 Å². The smallest absolute Gasteiger partial charge is 0.331 e. The fourth-order valence-corrected chi connectivity index (χ4v) is 9.37. The first-order valence-corrected chi connectivity index (χ1v) is 16.3. The van der Waals surface area contributed by atoms with E-state index in [1.54, 1.807) is 45.1 Å². The van der Waals surface area contributed by atoms with Crippen molar-refractivity contribution in [2.45, 2.75) is 121 Å². The number of allylic oxidation sites excluding steroid dienone is 1. The molecule has 0 aromatic heterocycles. The fraction of sp³-hybridized carbons (Fsp3) is 0.667. The van der Waals surface area contributed by atoms with Gasteiger partial charge in [0, 0.05) is 17.4 Å². The van der Waals surface area contributed by atoms with Gasteiger partial charge in [-0.05, 0) is 125 Å². The molecular weight excluding hydrogens is 576 g/mol. The number of aliphatic hydroxyl groups excluding tert-OH is 2. The van der Waals surface area contributed by atoms with Gasteiger partial charge in [0.2, 0.25) is 0 Å². The Morgan fingerprint density at radius 1 is 1.09 bits per heavy atom. The maximum Gasteiger partial charge on any atom is 0.331 e. The topological polar surface area (TPSA) is 165 Å². The first-order valence-electron chi connectivity index (χ1n) is 16.3. The van der Waals surface area contributed by atoms with Gasteiger partial charge in [0.25, 0.3) is 0 Å². The molecule has 45 heavy (non-hydrogen) atoms. The Hall–Kier alpha value is -2.56. The quantitative estimate of drug-likeness (QED) is 0.186. The molecule has 1 aromatic rings. The number of ether oxygens (including phenoxy) is 1. The summed E-state index contributed by atoms with van der Waals surface area (Å²) in [4.78, 5) is 26.5. The Morgan fingerprint density at radius 2 is 1.76 bits per heavy atom. The number of aromatic hydroxyl groups is 1. The zero-order valence-corrected chi connectivity index (χ0v) is 27.1. The van der Waals surface area contributed by atoms with Gasteiger partial charge in [-0.15, -0.1) is 0 Å². The molecule has 0 amide bonds. The number of benzene rings is 1. The number of hydrogen-bond donors (Lipinski definition) is 6. The lowest BCUT2D eigenvalue weighted by Crippen LogP contribution is -2.63. The average Bonchev–Trinajstić information content (AvgIpc) is 3.24. The summed E-state index contributed by atoms with van der Waals surface area (Å²) < 4.78 is 5.63. The molecular formula is C36H50O9. The van der Waals surface area contributed by atoms with Crippen LogP contribution < -0.4 is 0 Å². The summed E-state index contributed by atoms with van der Waals surface area (Å²) >= 11 is 0. The van der Waals surface area contributed by atoms with Crippen molar-refractivity contribution >= 4 is 17.8 Å². The number of fused-ring (bicyclic) bond motifs is 5. The van der Waals surface area contributed by atoms with Crippen LogP contribution in [0.3, 0.4) is 0 Å². The molecule has 1 aromatic carbocycles. The van der Waals surface area contributed by atoms with Gasteiger partial charge in [-0.1, -0.05) is 26.0 Å². The predicted molar refractivity (Wildman–Crippen MR) is 168 cm³/mol.